The molecule has 0 bridgehead atoms. The molecule has 5 heavy (non-hydrogen) atoms. The topological polar surface area (TPSA) is 37.3 Å². The van der Waals surface area contributed by atoms with Crippen molar-refractivity contribution in [1.82, 2.24) is 0 Å². The van der Waals surface area contributed by atoms with Gasteiger partial charge in [-0.25, -0.2) is 0 Å². The van der Waals surface area contributed by atoms with Crippen LogP contribution in [0.4, 0.5) is 0 Å². The summed E-state index contributed by atoms with van der Waals surface area (Å²) in [5.74, 6) is -0.662. The molecule has 0 aromatic carbocycles. The van der Waals surface area contributed by atoms with Gasteiger partial charge in [-0.1, -0.05) is 0 Å². The Bertz CT molecular complexity index is 42.9. The summed E-state index contributed by atoms with van der Waals surface area (Å²) in [4.78, 5) is 9.41. The van der Waals surface area contributed by atoms with E-state index >= 15 is 0 Å². The first-order chi connectivity index (χ1) is 2.27. The normalized spacial score (nSPS) is 7.60. The van der Waals surface area contributed by atoms with E-state index in [0.29, 0.717) is 49.5 Å². The zero-order chi connectivity index (χ0) is 4.28. The fourth-order valence-corrected chi connectivity index (χ4v) is 0. The molecule has 0 radical (unpaired) electrons. The molecule has 0 aliphatic carbocycles. The molecule has 2 nitrogen and oxygen atoms in total. The van der Waals surface area contributed by atoms with Crippen molar-refractivity contribution in [3.05, 3.63) is 0 Å². The molecular formula is C2H3KO2. The van der Waals surface area contributed by atoms with Crippen LogP contribution >= 0.6 is 0 Å². The van der Waals surface area contributed by atoms with Crippen LogP contribution in [-0.2, 0) is 4.79 Å². The van der Waals surface area contributed by atoms with Gasteiger partial charge in [0, 0.05) is 0 Å². The van der Waals surface area contributed by atoms with Gasteiger partial charge in [-0.15, -0.1) is 0 Å². The molecule has 0 amide bonds. The van der Waals surface area contributed by atoms with Gasteiger partial charge >= 0.3 is 65.3 Å². The van der Waals surface area contributed by atoms with Gasteiger partial charge in [0.1, 0.15) is 0 Å². The van der Waals surface area contributed by atoms with Crippen LogP contribution in [0.5, 0.6) is 0 Å². The van der Waals surface area contributed by atoms with E-state index in [1.54, 1.807) is 0 Å². The molecule has 0 aliphatic rings. The Hall–Kier alpha value is 1.11. The second-order valence-corrected chi connectivity index (χ2v) is 1.85. The van der Waals surface area contributed by atoms with E-state index in [-0.39, 0.29) is 0 Å². The fraction of sp³-hybridized carbons (Fsp3) is 0.500. The molecule has 0 unspecified atom stereocenters. The molecule has 0 atom stereocenters. The summed E-state index contributed by atoms with van der Waals surface area (Å²) in [5.41, 5.74) is 0. The summed E-state index contributed by atoms with van der Waals surface area (Å²) < 4.78 is 0.410. The van der Waals surface area contributed by atoms with Crippen molar-refractivity contribution in [2.45, 2.75) is 0.515 Å². The molecule has 0 saturated carbocycles. The quantitative estimate of drug-likeness (QED) is 0.455. The second-order valence-electron chi connectivity index (χ2n) is 0.747. The molecule has 0 spiro atoms. The van der Waals surface area contributed by atoms with Crippen LogP contribution in [0, 0.1) is 0 Å². The minimum absolute atomic E-state index is 0.410. The van der Waals surface area contributed by atoms with Crippen molar-refractivity contribution < 1.29 is 9.90 Å². The summed E-state index contributed by atoms with van der Waals surface area (Å²) in [6.07, 6.45) is 0. The fourth-order valence-electron chi connectivity index (χ4n) is 0. The van der Waals surface area contributed by atoms with E-state index in [1.807, 2.05) is 0 Å². The number of rotatable bonds is 1. The maximum absolute atomic E-state index is 9.41. The number of carboxylic acids is 1. The van der Waals surface area contributed by atoms with Crippen LogP contribution in [-0.4, -0.2) is 60.0 Å². The minimum atomic E-state index is -0.662. The van der Waals surface area contributed by atoms with Gasteiger partial charge in [-0.3, -0.25) is 0 Å². The summed E-state index contributed by atoms with van der Waals surface area (Å²) in [5, 5.41) is 7.77. The van der Waals surface area contributed by atoms with Crippen molar-refractivity contribution in [3.63, 3.8) is 0 Å². The molecule has 3 heteroatoms. The van der Waals surface area contributed by atoms with Gasteiger partial charge in [0.15, 0.2) is 0 Å². The van der Waals surface area contributed by atoms with Crippen molar-refractivity contribution in [2.75, 3.05) is 0 Å². The summed E-state index contributed by atoms with van der Waals surface area (Å²) in [7, 11) is 0. The number of hydrogen-bond acceptors (Lipinski definition) is 1. The third-order valence-electron chi connectivity index (χ3n) is 0.302. The molecule has 0 saturated heterocycles. The van der Waals surface area contributed by atoms with Crippen molar-refractivity contribution in [3.8, 4) is 0 Å². The third kappa shape index (κ3) is 5.11. The predicted octanol–water partition coefficient (Wildman–Crippen LogP) is -0.342. The van der Waals surface area contributed by atoms with Crippen LogP contribution in [0.1, 0.15) is 0 Å². The van der Waals surface area contributed by atoms with E-state index < -0.39 is 5.97 Å². The Kier molecular flexibility index (Phi) is 4.03. The van der Waals surface area contributed by atoms with Crippen LogP contribution in [0.3, 0.4) is 0 Å². The first kappa shape index (κ1) is 6.11. The van der Waals surface area contributed by atoms with E-state index in [4.69, 9.17) is 5.11 Å². The standard InChI is InChI=1S/C2H3O2.K/c1-2(3)4;/h1H2,(H,3,4);. The van der Waals surface area contributed by atoms with Crippen LogP contribution in [0.2, 0.25) is 0.515 Å². The van der Waals surface area contributed by atoms with Crippen LogP contribution in [0.15, 0.2) is 0 Å². The summed E-state index contributed by atoms with van der Waals surface area (Å²) >= 11 is 0.485. The average Bonchev–Trinajstić information content (AvgIpc) is 1.38. The Morgan fingerprint density at radius 1 is 2.00 bits per heavy atom. The molecule has 1 N–H and O–H groups in total. The zero-order valence-corrected chi connectivity index (χ0v) is 6.19. The third-order valence-corrected chi connectivity index (χ3v) is 1.25. The molecule has 0 fully saturated rings. The zero-order valence-electron chi connectivity index (χ0n) is 3.06. The molecule has 0 aromatic rings. The molecule has 24 valence electrons. The summed E-state index contributed by atoms with van der Waals surface area (Å²) in [6.45, 7) is 0. The number of carboxylic acid groups (broad SMARTS) is 1. The van der Waals surface area contributed by atoms with E-state index in [0.717, 1.165) is 0 Å². The Morgan fingerprint density at radius 3 is 2.20 bits per heavy atom. The van der Waals surface area contributed by atoms with Gasteiger partial charge in [0.2, 0.25) is 0 Å². The molecule has 0 aromatic heterocycles. The van der Waals surface area contributed by atoms with Crippen LogP contribution < -0.4 is 0 Å². The second kappa shape index (κ2) is 3.30. The number of hydrogen-bond donors (Lipinski definition) is 1. The average molecular weight is 98.1 g/mol. The van der Waals surface area contributed by atoms with Crippen molar-refractivity contribution in [2.24, 2.45) is 0 Å². The van der Waals surface area contributed by atoms with Gasteiger partial charge in [0.05, 0.1) is 0 Å². The first-order valence-electron chi connectivity index (χ1n) is 1.49. The van der Waals surface area contributed by atoms with Gasteiger partial charge < -0.3 is 0 Å². The Balaban J connectivity index is 2.85. The predicted molar refractivity (Wildman–Crippen MR) is 18.2 cm³/mol. The van der Waals surface area contributed by atoms with Gasteiger partial charge in [-0.05, 0) is 0 Å². The summed E-state index contributed by atoms with van der Waals surface area (Å²) in [6, 6.07) is 0. The Labute approximate surface area is 64.1 Å². The van der Waals surface area contributed by atoms with Crippen molar-refractivity contribution >= 4 is 54.9 Å². The van der Waals surface area contributed by atoms with E-state index in [2.05, 4.69) is 0 Å². The molecule has 0 heterocycles. The van der Waals surface area contributed by atoms with E-state index in [9.17, 15) is 4.79 Å². The molecule has 0 aliphatic heterocycles. The molecule has 0 rings (SSSR count). The van der Waals surface area contributed by atoms with E-state index in [1.165, 1.54) is 0 Å². The van der Waals surface area contributed by atoms with Crippen molar-refractivity contribution in [1.29, 1.82) is 0 Å². The van der Waals surface area contributed by atoms with Gasteiger partial charge in [0.25, 0.3) is 0 Å². The number of aliphatic carboxylic acids is 1. The number of carbonyl (C=O) groups is 1. The first-order valence-corrected chi connectivity index (χ1v) is 3.70. The van der Waals surface area contributed by atoms with Gasteiger partial charge in [-0.2, -0.15) is 0 Å². The SMILES string of the molecule is O=C(O)[CH2][K]. The molecular weight excluding hydrogens is 95.1 g/mol. The maximum atomic E-state index is 9.41. The monoisotopic (exact) mass is 98.0 g/mol. The Morgan fingerprint density at radius 2 is 2.20 bits per heavy atom. The van der Waals surface area contributed by atoms with Crippen LogP contribution in [0.25, 0.3) is 0 Å².